The van der Waals surface area contributed by atoms with E-state index in [4.69, 9.17) is 5.11 Å². The van der Waals surface area contributed by atoms with Gasteiger partial charge < -0.3 is 10.0 Å². The van der Waals surface area contributed by atoms with Crippen LogP contribution < -0.4 is 5.32 Å². The van der Waals surface area contributed by atoms with E-state index in [0.29, 0.717) is 19.3 Å². The smallest absolute Gasteiger partial charge is 0.307 e. The van der Waals surface area contributed by atoms with Gasteiger partial charge in [-0.1, -0.05) is 6.42 Å². The van der Waals surface area contributed by atoms with E-state index in [-0.39, 0.29) is 6.54 Å². The summed E-state index contributed by atoms with van der Waals surface area (Å²) in [5, 5.41) is 11.2. The van der Waals surface area contributed by atoms with Crippen molar-refractivity contribution in [2.75, 3.05) is 6.54 Å². The molecular weight excluding hydrogens is 252 g/mol. The number of nitrogens with one attached hydrogen (secondary N) is 1. The first kappa shape index (κ1) is 13.5. The Kier molecular flexibility index (Phi) is 3.55. The summed E-state index contributed by atoms with van der Waals surface area (Å²) in [6, 6.07) is -0.736. The molecule has 3 atom stereocenters. The van der Waals surface area contributed by atoms with E-state index in [1.165, 1.54) is 11.8 Å². The van der Waals surface area contributed by atoms with Gasteiger partial charge in [0.25, 0.3) is 0 Å². The zero-order valence-corrected chi connectivity index (χ0v) is 10.6. The Bertz CT molecular complexity index is 447. The normalized spacial score (nSPS) is 31.2. The second kappa shape index (κ2) is 4.99. The quantitative estimate of drug-likeness (QED) is 0.648. The maximum absolute atomic E-state index is 12.3. The van der Waals surface area contributed by atoms with Crippen LogP contribution >= 0.6 is 0 Å². The number of rotatable bonds is 2. The van der Waals surface area contributed by atoms with Crippen LogP contribution in [0.2, 0.25) is 0 Å². The van der Waals surface area contributed by atoms with Gasteiger partial charge in [-0.25, -0.2) is 0 Å². The molecule has 7 nitrogen and oxygen atoms in total. The average molecular weight is 268 g/mol. The first-order valence-corrected chi connectivity index (χ1v) is 6.28. The van der Waals surface area contributed by atoms with Gasteiger partial charge in [0.15, 0.2) is 0 Å². The number of aliphatic carboxylic acids is 1. The summed E-state index contributed by atoms with van der Waals surface area (Å²) in [6.07, 6.45) is 1.64. The molecule has 3 amide bonds. The maximum atomic E-state index is 12.3. The molecule has 2 N–H and O–H groups in total. The van der Waals surface area contributed by atoms with E-state index < -0.39 is 41.6 Å². The molecule has 104 valence electrons. The van der Waals surface area contributed by atoms with Crippen molar-refractivity contribution in [3.8, 4) is 0 Å². The van der Waals surface area contributed by atoms with Crippen molar-refractivity contribution in [3.05, 3.63) is 0 Å². The molecule has 7 heteroatoms. The van der Waals surface area contributed by atoms with Crippen LogP contribution in [-0.4, -0.2) is 46.3 Å². The van der Waals surface area contributed by atoms with Crippen molar-refractivity contribution in [2.24, 2.45) is 11.8 Å². The van der Waals surface area contributed by atoms with Crippen LogP contribution in [0.4, 0.5) is 0 Å². The molecular formula is C12H16N2O5. The number of carboxylic acids is 1. The highest BCUT2D eigenvalue weighted by atomic mass is 16.4. The fourth-order valence-corrected chi connectivity index (χ4v) is 2.75. The number of carbonyl (C=O) groups is 4. The number of carbonyl (C=O) groups excluding carboxylic acids is 3. The Morgan fingerprint density at radius 3 is 2.53 bits per heavy atom. The van der Waals surface area contributed by atoms with E-state index in [2.05, 4.69) is 5.32 Å². The van der Waals surface area contributed by atoms with Gasteiger partial charge in [-0.3, -0.25) is 24.5 Å². The van der Waals surface area contributed by atoms with Crippen LogP contribution in [-0.2, 0) is 19.2 Å². The zero-order valence-electron chi connectivity index (χ0n) is 10.6. The molecule has 2 fully saturated rings. The molecule has 0 bridgehead atoms. The second-order valence-electron chi connectivity index (χ2n) is 5.04. The lowest BCUT2D eigenvalue weighted by Gasteiger charge is -2.34. The monoisotopic (exact) mass is 268 g/mol. The molecule has 0 spiro atoms. The van der Waals surface area contributed by atoms with Gasteiger partial charge in [-0.2, -0.15) is 0 Å². The molecule has 0 aromatic rings. The van der Waals surface area contributed by atoms with Gasteiger partial charge >= 0.3 is 5.97 Å². The van der Waals surface area contributed by atoms with Crippen LogP contribution in [0.3, 0.4) is 0 Å². The number of nitrogens with zero attached hydrogens (tertiary/aromatic N) is 1. The molecule has 2 aliphatic rings. The van der Waals surface area contributed by atoms with Gasteiger partial charge in [0.05, 0.1) is 11.8 Å². The Hall–Kier alpha value is -1.92. The Morgan fingerprint density at radius 1 is 1.26 bits per heavy atom. The van der Waals surface area contributed by atoms with Crippen molar-refractivity contribution < 1.29 is 24.3 Å². The number of carboxylic acid groups (broad SMARTS) is 1. The van der Waals surface area contributed by atoms with Crippen LogP contribution in [0, 0.1) is 11.8 Å². The third kappa shape index (κ3) is 2.45. The topological polar surface area (TPSA) is 104 Å². The molecule has 1 saturated carbocycles. The van der Waals surface area contributed by atoms with E-state index in [9.17, 15) is 19.2 Å². The summed E-state index contributed by atoms with van der Waals surface area (Å²) in [5.74, 6) is -3.77. The summed E-state index contributed by atoms with van der Waals surface area (Å²) >= 11 is 0. The Morgan fingerprint density at radius 2 is 1.89 bits per heavy atom. The largest absolute Gasteiger partial charge is 0.481 e. The molecule has 0 aromatic heterocycles. The van der Waals surface area contributed by atoms with Crippen LogP contribution in [0.25, 0.3) is 0 Å². The molecule has 2 rings (SSSR count). The molecule has 1 aliphatic carbocycles. The zero-order chi connectivity index (χ0) is 14.2. The third-order valence-corrected chi connectivity index (χ3v) is 3.86. The Balaban J connectivity index is 2.16. The molecule has 1 aliphatic heterocycles. The summed E-state index contributed by atoms with van der Waals surface area (Å²) in [4.78, 5) is 47.5. The average Bonchev–Trinajstić information content (AvgIpc) is 2.82. The standard InChI is InChI=1S/C12H16N2O5/c1-6-10(16)13-9(15)5-14(6)11(17)7-3-2-4-8(7)12(18)19/h6-8H,2-5H2,1H3,(H,18,19)(H,13,15,16). The predicted octanol–water partition coefficient (Wildman–Crippen LogP) is -0.639. The number of imide groups is 1. The highest BCUT2D eigenvalue weighted by Gasteiger charge is 2.43. The van der Waals surface area contributed by atoms with Gasteiger partial charge in [0.1, 0.15) is 12.6 Å². The van der Waals surface area contributed by atoms with Crippen LogP contribution in [0.1, 0.15) is 26.2 Å². The van der Waals surface area contributed by atoms with E-state index in [0.717, 1.165) is 0 Å². The van der Waals surface area contributed by atoms with Crippen molar-refractivity contribution in [1.29, 1.82) is 0 Å². The lowest BCUT2D eigenvalue weighted by atomic mass is 9.94. The minimum Gasteiger partial charge on any atom is -0.481 e. The minimum atomic E-state index is -0.990. The van der Waals surface area contributed by atoms with Gasteiger partial charge in [0, 0.05) is 0 Å². The number of hydrogen-bond acceptors (Lipinski definition) is 4. The number of piperazine rings is 1. The summed E-state index contributed by atoms with van der Waals surface area (Å²) in [7, 11) is 0. The van der Waals surface area contributed by atoms with E-state index in [1.54, 1.807) is 0 Å². The van der Waals surface area contributed by atoms with E-state index in [1.807, 2.05) is 0 Å². The first-order valence-electron chi connectivity index (χ1n) is 6.28. The molecule has 3 unspecified atom stereocenters. The van der Waals surface area contributed by atoms with E-state index >= 15 is 0 Å². The number of amides is 3. The Labute approximate surface area is 109 Å². The molecule has 1 heterocycles. The fourth-order valence-electron chi connectivity index (χ4n) is 2.75. The molecule has 1 saturated heterocycles. The van der Waals surface area contributed by atoms with Gasteiger partial charge in [-0.05, 0) is 19.8 Å². The van der Waals surface area contributed by atoms with Gasteiger partial charge in [-0.15, -0.1) is 0 Å². The third-order valence-electron chi connectivity index (χ3n) is 3.86. The lowest BCUT2D eigenvalue weighted by molar-refractivity contribution is -0.155. The van der Waals surface area contributed by atoms with Crippen LogP contribution in [0.5, 0.6) is 0 Å². The van der Waals surface area contributed by atoms with Gasteiger partial charge in [0.2, 0.25) is 17.7 Å². The number of hydrogen-bond donors (Lipinski definition) is 2. The van der Waals surface area contributed by atoms with Crippen molar-refractivity contribution in [2.45, 2.75) is 32.2 Å². The highest BCUT2D eigenvalue weighted by Crippen LogP contribution is 2.34. The first-order chi connectivity index (χ1) is 8.91. The van der Waals surface area contributed by atoms with Crippen molar-refractivity contribution in [1.82, 2.24) is 10.2 Å². The minimum absolute atomic E-state index is 0.186. The molecule has 0 aromatic carbocycles. The van der Waals surface area contributed by atoms with Crippen molar-refractivity contribution in [3.63, 3.8) is 0 Å². The summed E-state index contributed by atoms with van der Waals surface area (Å²) < 4.78 is 0. The fraction of sp³-hybridized carbons (Fsp3) is 0.667. The lowest BCUT2D eigenvalue weighted by Crippen LogP contribution is -2.60. The van der Waals surface area contributed by atoms with Crippen LogP contribution in [0.15, 0.2) is 0 Å². The predicted molar refractivity (Wildman–Crippen MR) is 62.8 cm³/mol. The molecule has 19 heavy (non-hydrogen) atoms. The second-order valence-corrected chi connectivity index (χ2v) is 5.04. The summed E-state index contributed by atoms with van der Waals surface area (Å²) in [5.41, 5.74) is 0. The van der Waals surface area contributed by atoms with Crippen molar-refractivity contribution >= 4 is 23.7 Å². The highest BCUT2D eigenvalue weighted by molar-refractivity contribution is 6.04. The SMILES string of the molecule is CC1C(=O)NC(=O)CN1C(=O)C1CCCC1C(=O)O. The molecule has 0 radical (unpaired) electrons. The maximum Gasteiger partial charge on any atom is 0.307 e. The summed E-state index contributed by atoms with van der Waals surface area (Å²) in [6.45, 7) is 1.35.